The van der Waals surface area contributed by atoms with Gasteiger partial charge in [-0.1, -0.05) is 33.1 Å². The molecule has 0 spiro atoms. The molecule has 1 unspecified atom stereocenters. The van der Waals surface area contributed by atoms with Crippen molar-refractivity contribution >= 4 is 11.6 Å². The van der Waals surface area contributed by atoms with Gasteiger partial charge in [-0.05, 0) is 38.0 Å². The molecule has 3 heteroatoms. The molecule has 0 aliphatic heterocycles. The van der Waals surface area contributed by atoms with E-state index in [1.165, 1.54) is 31.4 Å². The lowest BCUT2D eigenvalue weighted by Gasteiger charge is -2.18. The molecule has 0 aromatic rings. The van der Waals surface area contributed by atoms with Gasteiger partial charge in [0.15, 0.2) is 0 Å². The highest BCUT2D eigenvalue weighted by Gasteiger charge is 2.14. The molecule has 1 atom stereocenters. The molecule has 0 heterocycles. The summed E-state index contributed by atoms with van der Waals surface area (Å²) in [6, 6.07) is 0. The second-order valence-corrected chi connectivity index (χ2v) is 5.23. The van der Waals surface area contributed by atoms with Gasteiger partial charge in [0.05, 0.1) is 0 Å². The van der Waals surface area contributed by atoms with Crippen molar-refractivity contribution in [3.8, 4) is 0 Å². The third-order valence-electron chi connectivity index (χ3n) is 3.34. The van der Waals surface area contributed by atoms with Gasteiger partial charge in [0, 0.05) is 12.1 Å². The second-order valence-electron chi connectivity index (χ2n) is 5.23. The number of rotatable bonds is 6. The molecule has 1 rings (SSSR count). The minimum absolute atomic E-state index is 0.0758. The van der Waals surface area contributed by atoms with Gasteiger partial charge in [-0.25, -0.2) is 5.43 Å². The van der Waals surface area contributed by atoms with Crippen molar-refractivity contribution in [3.05, 3.63) is 0 Å². The first kappa shape index (κ1) is 14.2. The van der Waals surface area contributed by atoms with E-state index in [1.54, 1.807) is 0 Å². The number of unbranched alkanes of at least 4 members (excludes halogenated alkanes) is 3. The first-order valence-electron chi connectivity index (χ1n) is 7.06. The fraction of sp³-hybridized carbons (Fsp3) is 0.857. The van der Waals surface area contributed by atoms with Gasteiger partial charge in [0.2, 0.25) is 5.91 Å². The van der Waals surface area contributed by atoms with Crippen molar-refractivity contribution in [3.63, 3.8) is 0 Å². The maximum atomic E-state index is 11.5. The van der Waals surface area contributed by atoms with Crippen molar-refractivity contribution in [1.29, 1.82) is 0 Å². The van der Waals surface area contributed by atoms with E-state index in [0.29, 0.717) is 6.42 Å². The van der Waals surface area contributed by atoms with Gasteiger partial charge < -0.3 is 0 Å². The molecule has 1 amide bonds. The van der Waals surface area contributed by atoms with E-state index in [0.717, 1.165) is 31.6 Å². The van der Waals surface area contributed by atoms with Crippen molar-refractivity contribution in [2.45, 2.75) is 71.6 Å². The summed E-state index contributed by atoms with van der Waals surface area (Å²) in [5, 5.41) is 4.25. The Kier molecular flexibility index (Phi) is 6.90. The molecular formula is C14H26N2O. The number of amides is 1. The average Bonchev–Trinajstić information content (AvgIpc) is 2.32. The van der Waals surface area contributed by atoms with Crippen LogP contribution in [0.5, 0.6) is 0 Å². The van der Waals surface area contributed by atoms with Crippen molar-refractivity contribution in [1.82, 2.24) is 5.43 Å². The number of carbonyl (C=O) groups excluding carboxylic acids is 1. The first-order chi connectivity index (χ1) is 8.22. The highest BCUT2D eigenvalue weighted by molar-refractivity contribution is 5.87. The molecule has 0 bridgehead atoms. The summed E-state index contributed by atoms with van der Waals surface area (Å²) in [7, 11) is 0. The molecule has 0 aromatic heterocycles. The van der Waals surface area contributed by atoms with E-state index in [1.807, 2.05) is 0 Å². The molecule has 0 aromatic carbocycles. The Hall–Kier alpha value is -0.860. The average molecular weight is 238 g/mol. The van der Waals surface area contributed by atoms with Gasteiger partial charge in [0.25, 0.3) is 0 Å². The number of hydrazone groups is 1. The van der Waals surface area contributed by atoms with Crippen molar-refractivity contribution in [2.75, 3.05) is 0 Å². The Balaban J connectivity index is 2.15. The Morgan fingerprint density at radius 2 is 2.24 bits per heavy atom. The van der Waals surface area contributed by atoms with Crippen LogP contribution in [0.15, 0.2) is 5.10 Å². The number of hydrogen-bond acceptors (Lipinski definition) is 2. The van der Waals surface area contributed by atoms with E-state index in [2.05, 4.69) is 24.4 Å². The molecule has 17 heavy (non-hydrogen) atoms. The largest absolute Gasteiger partial charge is 0.273 e. The monoisotopic (exact) mass is 238 g/mol. The van der Waals surface area contributed by atoms with Crippen LogP contribution < -0.4 is 5.43 Å². The van der Waals surface area contributed by atoms with Gasteiger partial charge in [0.1, 0.15) is 0 Å². The van der Waals surface area contributed by atoms with E-state index in [-0.39, 0.29) is 5.91 Å². The lowest BCUT2D eigenvalue weighted by Crippen LogP contribution is -2.21. The van der Waals surface area contributed by atoms with Gasteiger partial charge >= 0.3 is 0 Å². The van der Waals surface area contributed by atoms with E-state index in [9.17, 15) is 4.79 Å². The second kappa shape index (κ2) is 8.26. The lowest BCUT2D eigenvalue weighted by atomic mass is 9.89. The number of carbonyl (C=O) groups is 1. The molecule has 1 N–H and O–H groups in total. The van der Waals surface area contributed by atoms with Crippen molar-refractivity contribution in [2.24, 2.45) is 11.0 Å². The lowest BCUT2D eigenvalue weighted by molar-refractivity contribution is -0.121. The molecule has 98 valence electrons. The summed E-state index contributed by atoms with van der Waals surface area (Å²) in [5.41, 5.74) is 3.87. The molecule has 3 nitrogen and oxygen atoms in total. The zero-order chi connectivity index (χ0) is 12.5. The number of nitrogens with zero attached hydrogens (tertiary/aromatic N) is 1. The SMILES string of the molecule is CCCCCCC(=O)N/N=C1\CCCC(C)C1. The normalized spacial score (nSPS) is 22.7. The summed E-state index contributed by atoms with van der Waals surface area (Å²) in [6.45, 7) is 4.43. The predicted molar refractivity (Wildman–Crippen MR) is 72.0 cm³/mol. The molecule has 1 aliphatic carbocycles. The molecule has 1 aliphatic rings. The third kappa shape index (κ3) is 6.44. The third-order valence-corrected chi connectivity index (χ3v) is 3.34. The van der Waals surface area contributed by atoms with Crippen LogP contribution in [0.2, 0.25) is 0 Å². The van der Waals surface area contributed by atoms with Crippen molar-refractivity contribution < 1.29 is 4.79 Å². The van der Waals surface area contributed by atoms with Crippen LogP contribution in [0, 0.1) is 5.92 Å². The Morgan fingerprint density at radius 1 is 1.41 bits per heavy atom. The van der Waals surface area contributed by atoms with Crippen LogP contribution >= 0.6 is 0 Å². The first-order valence-corrected chi connectivity index (χ1v) is 7.06. The molecule has 1 saturated carbocycles. The topological polar surface area (TPSA) is 41.5 Å². The molecular weight excluding hydrogens is 212 g/mol. The summed E-state index contributed by atoms with van der Waals surface area (Å²) >= 11 is 0. The predicted octanol–water partition coefficient (Wildman–Crippen LogP) is 3.64. The minimum atomic E-state index is 0.0758. The van der Waals surface area contributed by atoms with Crippen LogP contribution in [-0.2, 0) is 4.79 Å². The summed E-state index contributed by atoms with van der Waals surface area (Å²) in [6.07, 6.45) is 9.80. The molecule has 0 radical (unpaired) electrons. The standard InChI is InChI=1S/C14H26N2O/c1-3-4-5-6-10-14(17)16-15-13-9-7-8-12(2)11-13/h12H,3-11H2,1-2H3,(H,16,17)/b15-13+. The smallest absolute Gasteiger partial charge is 0.240 e. The highest BCUT2D eigenvalue weighted by atomic mass is 16.2. The maximum absolute atomic E-state index is 11.5. The number of hydrogen-bond donors (Lipinski definition) is 1. The summed E-state index contributed by atoms with van der Waals surface area (Å²) < 4.78 is 0. The van der Waals surface area contributed by atoms with Crippen LogP contribution in [0.4, 0.5) is 0 Å². The van der Waals surface area contributed by atoms with Gasteiger partial charge in [-0.15, -0.1) is 0 Å². The quantitative estimate of drug-likeness (QED) is 0.557. The fourth-order valence-electron chi connectivity index (χ4n) is 2.27. The highest BCUT2D eigenvalue weighted by Crippen LogP contribution is 2.20. The van der Waals surface area contributed by atoms with Crippen LogP contribution in [0.1, 0.15) is 71.6 Å². The Bertz CT molecular complexity index is 261. The van der Waals surface area contributed by atoms with E-state index < -0.39 is 0 Å². The Morgan fingerprint density at radius 3 is 2.94 bits per heavy atom. The van der Waals surface area contributed by atoms with Crippen LogP contribution in [0.3, 0.4) is 0 Å². The molecule has 0 saturated heterocycles. The Labute approximate surface area is 105 Å². The number of nitrogens with one attached hydrogen (secondary N) is 1. The summed E-state index contributed by atoms with van der Waals surface area (Å²) in [4.78, 5) is 11.5. The van der Waals surface area contributed by atoms with E-state index in [4.69, 9.17) is 0 Å². The molecule has 1 fully saturated rings. The minimum Gasteiger partial charge on any atom is -0.273 e. The zero-order valence-corrected chi connectivity index (χ0v) is 11.3. The fourth-order valence-corrected chi connectivity index (χ4v) is 2.27. The maximum Gasteiger partial charge on any atom is 0.240 e. The van der Waals surface area contributed by atoms with Gasteiger partial charge in [-0.3, -0.25) is 4.79 Å². The van der Waals surface area contributed by atoms with Crippen LogP contribution in [-0.4, -0.2) is 11.6 Å². The van der Waals surface area contributed by atoms with Gasteiger partial charge in [-0.2, -0.15) is 5.10 Å². The van der Waals surface area contributed by atoms with E-state index >= 15 is 0 Å². The summed E-state index contributed by atoms with van der Waals surface area (Å²) in [5.74, 6) is 0.802. The van der Waals surface area contributed by atoms with Crippen LogP contribution in [0.25, 0.3) is 0 Å². The zero-order valence-electron chi connectivity index (χ0n) is 11.3.